The van der Waals surface area contributed by atoms with E-state index in [1.54, 1.807) is 0 Å². The van der Waals surface area contributed by atoms with Gasteiger partial charge in [-0.3, -0.25) is 9.58 Å². The Morgan fingerprint density at radius 3 is 3.00 bits per heavy atom. The molecule has 2 heterocycles. The van der Waals surface area contributed by atoms with E-state index in [0.717, 1.165) is 25.6 Å². The number of aromatic nitrogens is 2. The van der Waals surface area contributed by atoms with E-state index in [4.69, 9.17) is 0 Å². The van der Waals surface area contributed by atoms with Crippen molar-refractivity contribution in [2.45, 2.75) is 38.6 Å². The zero-order valence-electron chi connectivity index (χ0n) is 11.7. The topological polar surface area (TPSA) is 33.1 Å². The fourth-order valence-corrected chi connectivity index (χ4v) is 2.78. The summed E-state index contributed by atoms with van der Waals surface area (Å²) in [6.07, 6.45) is 9.14. The highest BCUT2D eigenvalue weighted by molar-refractivity contribution is 5.04. The van der Waals surface area contributed by atoms with Crippen LogP contribution in [0.1, 0.15) is 31.7 Å². The van der Waals surface area contributed by atoms with Crippen molar-refractivity contribution < 1.29 is 0 Å². The van der Waals surface area contributed by atoms with Crippen molar-refractivity contribution in [2.24, 2.45) is 7.05 Å². The standard InChI is InChI=1S/C14H26N4/c1-3-8-18(14-5-4-7-15-11-14)9-6-13-10-16-17(2)12-13/h10,12,14-15H,3-9,11H2,1-2H3. The molecule has 4 nitrogen and oxygen atoms in total. The van der Waals surface area contributed by atoms with Crippen LogP contribution in [0, 0.1) is 0 Å². The molecule has 0 spiro atoms. The molecule has 1 aromatic heterocycles. The normalized spacial score (nSPS) is 20.5. The molecule has 1 fully saturated rings. The first kappa shape index (κ1) is 13.6. The summed E-state index contributed by atoms with van der Waals surface area (Å²) in [5, 5.41) is 7.76. The molecule has 0 radical (unpaired) electrons. The van der Waals surface area contributed by atoms with Crippen molar-refractivity contribution >= 4 is 0 Å². The third-order valence-corrected chi connectivity index (χ3v) is 3.74. The van der Waals surface area contributed by atoms with Gasteiger partial charge in [-0.05, 0) is 44.3 Å². The number of aryl methyl sites for hydroxylation is 1. The zero-order chi connectivity index (χ0) is 12.8. The Morgan fingerprint density at radius 2 is 2.39 bits per heavy atom. The number of nitrogens with zero attached hydrogens (tertiary/aromatic N) is 3. The second-order valence-electron chi connectivity index (χ2n) is 5.31. The minimum atomic E-state index is 0.732. The van der Waals surface area contributed by atoms with Crippen LogP contribution >= 0.6 is 0 Å². The molecule has 1 unspecified atom stereocenters. The lowest BCUT2D eigenvalue weighted by Gasteiger charge is -2.34. The Bertz CT molecular complexity index is 341. The molecular weight excluding hydrogens is 224 g/mol. The van der Waals surface area contributed by atoms with Crippen molar-refractivity contribution in [1.29, 1.82) is 0 Å². The van der Waals surface area contributed by atoms with Crippen molar-refractivity contribution in [3.05, 3.63) is 18.0 Å². The van der Waals surface area contributed by atoms with E-state index in [2.05, 4.69) is 28.4 Å². The van der Waals surface area contributed by atoms with Gasteiger partial charge in [0.05, 0.1) is 6.20 Å². The average molecular weight is 250 g/mol. The maximum absolute atomic E-state index is 4.24. The molecule has 0 aliphatic carbocycles. The molecule has 1 aliphatic heterocycles. The van der Waals surface area contributed by atoms with Gasteiger partial charge in [-0.25, -0.2) is 0 Å². The number of rotatable bonds is 6. The molecule has 1 atom stereocenters. The summed E-state index contributed by atoms with van der Waals surface area (Å²) in [7, 11) is 1.98. The molecule has 0 saturated carbocycles. The number of nitrogens with one attached hydrogen (secondary N) is 1. The highest BCUT2D eigenvalue weighted by Crippen LogP contribution is 2.12. The van der Waals surface area contributed by atoms with Gasteiger partial charge >= 0.3 is 0 Å². The van der Waals surface area contributed by atoms with Crippen molar-refractivity contribution in [3.63, 3.8) is 0 Å². The molecule has 2 rings (SSSR count). The molecular formula is C14H26N4. The summed E-state index contributed by atoms with van der Waals surface area (Å²) in [5.41, 5.74) is 1.35. The predicted octanol–water partition coefficient (Wildman–Crippen LogP) is 1.43. The van der Waals surface area contributed by atoms with Crippen LogP contribution < -0.4 is 5.32 Å². The maximum atomic E-state index is 4.24. The van der Waals surface area contributed by atoms with Crippen LogP contribution in [0.4, 0.5) is 0 Å². The second kappa shape index (κ2) is 6.90. The van der Waals surface area contributed by atoms with Gasteiger partial charge in [0.2, 0.25) is 0 Å². The maximum Gasteiger partial charge on any atom is 0.0522 e. The molecule has 102 valence electrons. The van der Waals surface area contributed by atoms with E-state index in [1.807, 2.05) is 17.9 Å². The van der Waals surface area contributed by atoms with Gasteiger partial charge in [0, 0.05) is 32.4 Å². The quantitative estimate of drug-likeness (QED) is 0.829. The van der Waals surface area contributed by atoms with Crippen LogP contribution in [0.3, 0.4) is 0 Å². The van der Waals surface area contributed by atoms with Crippen LogP contribution in [0.5, 0.6) is 0 Å². The van der Waals surface area contributed by atoms with Crippen molar-refractivity contribution in [2.75, 3.05) is 26.2 Å². The SMILES string of the molecule is CCCN(CCc1cnn(C)c1)C1CCCNC1. The fraction of sp³-hybridized carbons (Fsp3) is 0.786. The van der Waals surface area contributed by atoms with Gasteiger partial charge in [0.15, 0.2) is 0 Å². The van der Waals surface area contributed by atoms with Gasteiger partial charge in [-0.1, -0.05) is 6.92 Å². The fourth-order valence-electron chi connectivity index (χ4n) is 2.78. The van der Waals surface area contributed by atoms with Crippen LogP contribution in [0.25, 0.3) is 0 Å². The molecule has 1 N–H and O–H groups in total. The Balaban J connectivity index is 1.85. The first-order valence-electron chi connectivity index (χ1n) is 7.22. The summed E-state index contributed by atoms with van der Waals surface area (Å²) in [4.78, 5) is 2.65. The molecule has 1 aromatic rings. The Morgan fingerprint density at radius 1 is 1.50 bits per heavy atom. The van der Waals surface area contributed by atoms with Gasteiger partial charge in [0.25, 0.3) is 0 Å². The molecule has 0 bridgehead atoms. The first-order valence-corrected chi connectivity index (χ1v) is 7.22. The molecule has 18 heavy (non-hydrogen) atoms. The number of hydrogen-bond acceptors (Lipinski definition) is 3. The lowest BCUT2D eigenvalue weighted by molar-refractivity contribution is 0.167. The summed E-state index contributed by atoms with van der Waals surface area (Å²) >= 11 is 0. The van der Waals surface area contributed by atoms with E-state index in [-0.39, 0.29) is 0 Å². The Hall–Kier alpha value is -0.870. The summed E-state index contributed by atoms with van der Waals surface area (Å²) in [5.74, 6) is 0. The number of piperidine rings is 1. The van der Waals surface area contributed by atoms with Gasteiger partial charge < -0.3 is 5.32 Å². The van der Waals surface area contributed by atoms with Gasteiger partial charge in [-0.2, -0.15) is 5.10 Å². The van der Waals surface area contributed by atoms with E-state index in [9.17, 15) is 0 Å². The summed E-state index contributed by atoms with van der Waals surface area (Å²) in [6, 6.07) is 0.732. The average Bonchev–Trinajstić information content (AvgIpc) is 2.81. The van der Waals surface area contributed by atoms with Crippen LogP contribution in [0.15, 0.2) is 12.4 Å². The minimum Gasteiger partial charge on any atom is -0.315 e. The second-order valence-corrected chi connectivity index (χ2v) is 5.31. The molecule has 0 aromatic carbocycles. The van der Waals surface area contributed by atoms with Gasteiger partial charge in [-0.15, -0.1) is 0 Å². The lowest BCUT2D eigenvalue weighted by atomic mass is 10.0. The van der Waals surface area contributed by atoms with Crippen molar-refractivity contribution in [3.8, 4) is 0 Å². The largest absolute Gasteiger partial charge is 0.315 e. The minimum absolute atomic E-state index is 0.732. The third kappa shape index (κ3) is 3.82. The molecule has 4 heteroatoms. The van der Waals surface area contributed by atoms with Crippen LogP contribution in [-0.2, 0) is 13.5 Å². The van der Waals surface area contributed by atoms with E-state index in [0.29, 0.717) is 0 Å². The Labute approximate surface area is 110 Å². The highest BCUT2D eigenvalue weighted by atomic mass is 15.2. The third-order valence-electron chi connectivity index (χ3n) is 3.74. The van der Waals surface area contributed by atoms with Gasteiger partial charge in [0.1, 0.15) is 0 Å². The lowest BCUT2D eigenvalue weighted by Crippen LogP contribution is -2.47. The molecule has 1 saturated heterocycles. The first-order chi connectivity index (χ1) is 8.79. The highest BCUT2D eigenvalue weighted by Gasteiger charge is 2.19. The molecule has 1 aliphatic rings. The molecule has 0 amide bonds. The monoisotopic (exact) mass is 250 g/mol. The van der Waals surface area contributed by atoms with Crippen molar-refractivity contribution in [1.82, 2.24) is 20.0 Å². The van der Waals surface area contributed by atoms with E-state index < -0.39 is 0 Å². The smallest absolute Gasteiger partial charge is 0.0522 e. The Kier molecular flexibility index (Phi) is 5.20. The number of hydrogen-bond donors (Lipinski definition) is 1. The van der Waals surface area contributed by atoms with Crippen LogP contribution in [-0.4, -0.2) is 46.9 Å². The summed E-state index contributed by atoms with van der Waals surface area (Å²) in [6.45, 7) is 7.00. The zero-order valence-corrected chi connectivity index (χ0v) is 11.7. The van der Waals surface area contributed by atoms with E-state index in [1.165, 1.54) is 37.9 Å². The predicted molar refractivity (Wildman–Crippen MR) is 74.7 cm³/mol. The van der Waals surface area contributed by atoms with E-state index >= 15 is 0 Å². The van der Waals surface area contributed by atoms with Crippen LogP contribution in [0.2, 0.25) is 0 Å². The summed E-state index contributed by atoms with van der Waals surface area (Å²) < 4.78 is 1.89.